The van der Waals surface area contributed by atoms with Gasteiger partial charge in [-0.15, -0.1) is 0 Å². The Bertz CT molecular complexity index is 466. The molecule has 2 bridgehead atoms. The van der Waals surface area contributed by atoms with Crippen LogP contribution in [0.2, 0.25) is 0 Å². The number of hydrogen-bond acceptors (Lipinski definition) is 5. The lowest BCUT2D eigenvalue weighted by Gasteiger charge is -2.27. The van der Waals surface area contributed by atoms with Crippen molar-refractivity contribution in [2.45, 2.75) is 25.9 Å². The highest BCUT2D eigenvalue weighted by Gasteiger charge is 2.64. The number of fused-ring (bicyclic) bond motifs is 5. The molecule has 5 unspecified atom stereocenters. The van der Waals surface area contributed by atoms with Crippen molar-refractivity contribution in [1.29, 1.82) is 0 Å². The summed E-state index contributed by atoms with van der Waals surface area (Å²) >= 11 is 0. The second-order valence-corrected chi connectivity index (χ2v) is 5.41. The van der Waals surface area contributed by atoms with E-state index in [2.05, 4.69) is 11.3 Å². The molecule has 0 aromatic carbocycles. The molecule has 0 amide bonds. The van der Waals surface area contributed by atoms with Crippen molar-refractivity contribution in [3.8, 4) is 0 Å². The molecule has 5 atom stereocenters. The molecule has 0 aromatic rings. The summed E-state index contributed by atoms with van der Waals surface area (Å²) in [4.78, 5) is 34.7. The summed E-state index contributed by atoms with van der Waals surface area (Å²) in [7, 11) is 0. The highest BCUT2D eigenvalue weighted by atomic mass is 16.6. The lowest BCUT2D eigenvalue weighted by molar-refractivity contribution is -0.156. The summed E-state index contributed by atoms with van der Waals surface area (Å²) in [6.07, 6.45) is 1.14. The molecule has 3 aliphatic rings. The Balaban J connectivity index is 1.77. The van der Waals surface area contributed by atoms with Gasteiger partial charge >= 0.3 is 17.9 Å². The Morgan fingerprint density at radius 3 is 2.61 bits per heavy atom. The van der Waals surface area contributed by atoms with E-state index in [-0.39, 0.29) is 23.9 Å². The van der Waals surface area contributed by atoms with E-state index in [1.807, 2.05) is 0 Å². The van der Waals surface area contributed by atoms with Gasteiger partial charge in [-0.2, -0.15) is 0 Å². The third-order valence-electron chi connectivity index (χ3n) is 4.30. The third-order valence-corrected chi connectivity index (χ3v) is 4.30. The minimum absolute atomic E-state index is 0.0674. The van der Waals surface area contributed by atoms with Gasteiger partial charge in [0, 0.05) is 11.5 Å². The van der Waals surface area contributed by atoms with Crippen LogP contribution in [-0.4, -0.2) is 24.0 Å². The summed E-state index contributed by atoms with van der Waals surface area (Å²) in [5.41, 5.74) is 0.347. The molecule has 5 nitrogen and oxygen atoms in total. The maximum absolute atomic E-state index is 11.6. The monoisotopic (exact) mass is 250 g/mol. The SMILES string of the molecule is C=C(C)C(=O)OC1CC2CC1C1C(=O)OC(=O)C21. The average Bonchev–Trinajstić information content (AvgIpc) is 2.91. The lowest BCUT2D eigenvalue weighted by atomic mass is 9.79. The van der Waals surface area contributed by atoms with Gasteiger partial charge in [0.1, 0.15) is 6.10 Å². The van der Waals surface area contributed by atoms with Crippen molar-refractivity contribution in [1.82, 2.24) is 0 Å². The number of carbonyl (C=O) groups excluding carboxylic acids is 3. The van der Waals surface area contributed by atoms with E-state index >= 15 is 0 Å². The number of hydrogen-bond donors (Lipinski definition) is 0. The van der Waals surface area contributed by atoms with Crippen LogP contribution in [0.15, 0.2) is 12.2 Å². The normalized spacial score (nSPS) is 40.6. The van der Waals surface area contributed by atoms with E-state index in [0.29, 0.717) is 12.0 Å². The molecular formula is C13H14O5. The molecule has 0 N–H and O–H groups in total. The lowest BCUT2D eigenvalue weighted by Crippen LogP contribution is -2.36. The van der Waals surface area contributed by atoms with Crippen molar-refractivity contribution < 1.29 is 23.9 Å². The van der Waals surface area contributed by atoms with Gasteiger partial charge < -0.3 is 9.47 Å². The van der Waals surface area contributed by atoms with Gasteiger partial charge in [0.15, 0.2) is 0 Å². The second-order valence-electron chi connectivity index (χ2n) is 5.41. The molecule has 18 heavy (non-hydrogen) atoms. The van der Waals surface area contributed by atoms with E-state index in [0.717, 1.165) is 6.42 Å². The average molecular weight is 250 g/mol. The molecule has 0 spiro atoms. The molecule has 3 fully saturated rings. The van der Waals surface area contributed by atoms with Crippen molar-refractivity contribution in [3.63, 3.8) is 0 Å². The maximum Gasteiger partial charge on any atom is 0.333 e. The summed E-state index contributed by atoms with van der Waals surface area (Å²) in [6.45, 7) is 5.12. The Morgan fingerprint density at radius 2 is 1.94 bits per heavy atom. The van der Waals surface area contributed by atoms with Crippen LogP contribution in [0, 0.1) is 23.7 Å². The Hall–Kier alpha value is -1.65. The zero-order valence-electron chi connectivity index (χ0n) is 10.0. The van der Waals surface area contributed by atoms with Crippen LogP contribution in [0.25, 0.3) is 0 Å². The number of rotatable bonds is 2. The van der Waals surface area contributed by atoms with E-state index in [4.69, 9.17) is 4.74 Å². The Labute approximate surface area is 104 Å². The first kappa shape index (κ1) is 11.4. The smallest absolute Gasteiger partial charge is 0.333 e. The van der Waals surface area contributed by atoms with Gasteiger partial charge in [-0.05, 0) is 25.7 Å². The van der Waals surface area contributed by atoms with Crippen LogP contribution in [0.5, 0.6) is 0 Å². The van der Waals surface area contributed by atoms with Crippen LogP contribution in [-0.2, 0) is 23.9 Å². The minimum atomic E-state index is -0.450. The fraction of sp³-hybridized carbons (Fsp3) is 0.615. The number of cyclic esters (lactones) is 2. The van der Waals surface area contributed by atoms with E-state index in [9.17, 15) is 14.4 Å². The summed E-state index contributed by atoms with van der Waals surface area (Å²) < 4.78 is 10.0. The topological polar surface area (TPSA) is 69.7 Å². The number of carbonyl (C=O) groups is 3. The minimum Gasteiger partial charge on any atom is -0.459 e. The van der Waals surface area contributed by atoms with Crippen LogP contribution in [0.1, 0.15) is 19.8 Å². The summed E-state index contributed by atoms with van der Waals surface area (Å²) in [5.74, 6) is -1.94. The quantitative estimate of drug-likeness (QED) is 0.412. The van der Waals surface area contributed by atoms with Gasteiger partial charge in [-0.25, -0.2) is 4.79 Å². The molecular weight excluding hydrogens is 236 g/mol. The fourth-order valence-corrected chi connectivity index (χ4v) is 3.57. The molecule has 96 valence electrons. The zero-order chi connectivity index (χ0) is 13.0. The molecule has 5 heteroatoms. The Kier molecular flexibility index (Phi) is 2.33. The predicted molar refractivity (Wildman–Crippen MR) is 59.0 cm³/mol. The molecule has 2 aliphatic carbocycles. The van der Waals surface area contributed by atoms with E-state index < -0.39 is 23.8 Å². The van der Waals surface area contributed by atoms with Crippen LogP contribution < -0.4 is 0 Å². The van der Waals surface area contributed by atoms with Crippen LogP contribution >= 0.6 is 0 Å². The third kappa shape index (κ3) is 1.43. The highest BCUT2D eigenvalue weighted by Crippen LogP contribution is 2.56. The first-order valence-electron chi connectivity index (χ1n) is 6.11. The standard InChI is InChI=1S/C13H14O5/c1-5(2)11(14)17-8-4-6-3-7(8)10-9(6)12(15)18-13(10)16/h6-10H,1,3-4H2,2H3. The molecule has 0 radical (unpaired) electrons. The van der Waals surface area contributed by atoms with Crippen molar-refractivity contribution >= 4 is 17.9 Å². The van der Waals surface area contributed by atoms with E-state index in [1.54, 1.807) is 6.92 Å². The van der Waals surface area contributed by atoms with Crippen LogP contribution in [0.4, 0.5) is 0 Å². The van der Waals surface area contributed by atoms with Gasteiger partial charge in [0.25, 0.3) is 0 Å². The molecule has 1 heterocycles. The zero-order valence-corrected chi connectivity index (χ0v) is 10.0. The number of esters is 3. The highest BCUT2D eigenvalue weighted by molar-refractivity contribution is 5.97. The van der Waals surface area contributed by atoms with Gasteiger partial charge in [0.2, 0.25) is 0 Å². The van der Waals surface area contributed by atoms with E-state index in [1.165, 1.54) is 0 Å². The maximum atomic E-state index is 11.6. The first-order chi connectivity index (χ1) is 8.49. The fourth-order valence-electron chi connectivity index (χ4n) is 3.57. The largest absolute Gasteiger partial charge is 0.459 e. The summed E-state index contributed by atoms with van der Waals surface area (Å²) in [6, 6.07) is 0. The van der Waals surface area contributed by atoms with Crippen molar-refractivity contribution in [3.05, 3.63) is 12.2 Å². The van der Waals surface area contributed by atoms with Gasteiger partial charge in [-0.3, -0.25) is 9.59 Å². The molecule has 1 aliphatic heterocycles. The van der Waals surface area contributed by atoms with Gasteiger partial charge in [0.05, 0.1) is 11.8 Å². The first-order valence-corrected chi connectivity index (χ1v) is 6.11. The predicted octanol–water partition coefficient (Wildman–Crippen LogP) is 0.830. The van der Waals surface area contributed by atoms with Crippen molar-refractivity contribution in [2.24, 2.45) is 23.7 Å². The van der Waals surface area contributed by atoms with Crippen molar-refractivity contribution in [2.75, 3.05) is 0 Å². The second kappa shape index (κ2) is 3.67. The van der Waals surface area contributed by atoms with Crippen LogP contribution in [0.3, 0.4) is 0 Å². The summed E-state index contributed by atoms with van der Waals surface area (Å²) in [5, 5.41) is 0. The van der Waals surface area contributed by atoms with Gasteiger partial charge in [-0.1, -0.05) is 6.58 Å². The Morgan fingerprint density at radius 1 is 1.28 bits per heavy atom. The molecule has 3 rings (SSSR count). The number of ether oxygens (including phenoxy) is 2. The molecule has 0 aromatic heterocycles. The molecule has 1 saturated heterocycles. The molecule has 2 saturated carbocycles.